The number of hydrogen-bond donors (Lipinski definition) is 1. The highest BCUT2D eigenvalue weighted by Gasteiger charge is 2.10. The van der Waals surface area contributed by atoms with Gasteiger partial charge in [-0.1, -0.05) is 31.1 Å². The van der Waals surface area contributed by atoms with Gasteiger partial charge in [0.25, 0.3) is 0 Å². The molecule has 4 heteroatoms. The molecule has 0 amide bonds. The Labute approximate surface area is 118 Å². The minimum atomic E-state index is 0.372. The van der Waals surface area contributed by atoms with Crippen LogP contribution in [0.4, 0.5) is 0 Å². The van der Waals surface area contributed by atoms with Gasteiger partial charge in [-0.3, -0.25) is 0 Å². The number of aromatic hydroxyl groups is 1. The highest BCUT2D eigenvalue weighted by Crippen LogP contribution is 2.31. The van der Waals surface area contributed by atoms with Crippen molar-refractivity contribution < 1.29 is 5.11 Å². The van der Waals surface area contributed by atoms with Crippen LogP contribution in [0.1, 0.15) is 42.3 Å². The van der Waals surface area contributed by atoms with E-state index in [4.69, 9.17) is 0 Å². The molecule has 0 aliphatic carbocycles. The predicted octanol–water partition coefficient (Wildman–Crippen LogP) is 4.26. The van der Waals surface area contributed by atoms with Gasteiger partial charge in [0.1, 0.15) is 15.8 Å². The molecule has 0 radical (unpaired) electrons. The van der Waals surface area contributed by atoms with Crippen molar-refractivity contribution in [1.82, 2.24) is 10.2 Å². The second-order valence-electron chi connectivity index (χ2n) is 4.92. The first kappa shape index (κ1) is 14.0. The van der Waals surface area contributed by atoms with Crippen LogP contribution >= 0.6 is 11.3 Å². The maximum Gasteiger partial charge on any atom is 0.147 e. The molecule has 0 unspecified atom stereocenters. The van der Waals surface area contributed by atoms with E-state index in [9.17, 15) is 5.11 Å². The molecule has 2 aromatic rings. The van der Waals surface area contributed by atoms with Crippen LogP contribution in [-0.4, -0.2) is 15.3 Å². The molecule has 0 atom stereocenters. The number of nitrogens with zero attached hydrogens (tertiary/aromatic N) is 2. The molecule has 0 saturated heterocycles. The van der Waals surface area contributed by atoms with Gasteiger partial charge in [0, 0.05) is 12.0 Å². The fourth-order valence-electron chi connectivity index (χ4n) is 2.08. The third-order valence-electron chi connectivity index (χ3n) is 3.20. The second-order valence-corrected chi connectivity index (χ2v) is 5.98. The molecule has 19 heavy (non-hydrogen) atoms. The number of aromatic nitrogens is 2. The number of rotatable bonds is 5. The van der Waals surface area contributed by atoms with Crippen molar-refractivity contribution in [2.45, 2.75) is 46.5 Å². The summed E-state index contributed by atoms with van der Waals surface area (Å²) >= 11 is 1.66. The van der Waals surface area contributed by atoms with Crippen molar-refractivity contribution in [3.8, 4) is 16.3 Å². The number of unbranched alkanes of at least 4 members (excludes halogenated alkanes) is 2. The zero-order chi connectivity index (χ0) is 13.8. The highest BCUT2D eigenvalue weighted by atomic mass is 32.1. The van der Waals surface area contributed by atoms with Crippen LogP contribution in [0.2, 0.25) is 0 Å². The van der Waals surface area contributed by atoms with Crippen molar-refractivity contribution in [2.75, 3.05) is 0 Å². The summed E-state index contributed by atoms with van der Waals surface area (Å²) in [6, 6.07) is 3.94. The smallest absolute Gasteiger partial charge is 0.147 e. The quantitative estimate of drug-likeness (QED) is 0.830. The molecule has 1 aromatic carbocycles. The summed E-state index contributed by atoms with van der Waals surface area (Å²) in [6.45, 7) is 6.03. The molecular weight excluding hydrogens is 256 g/mol. The third kappa shape index (κ3) is 3.32. The molecule has 0 saturated carbocycles. The monoisotopic (exact) mass is 276 g/mol. The van der Waals surface area contributed by atoms with E-state index >= 15 is 0 Å². The number of phenols is 1. The van der Waals surface area contributed by atoms with Crippen LogP contribution in [0.3, 0.4) is 0 Å². The fourth-order valence-corrected chi connectivity index (χ4v) is 2.95. The van der Waals surface area contributed by atoms with E-state index in [1.165, 1.54) is 19.3 Å². The number of phenolic OH excluding ortho intramolecular Hbond substituents is 1. The average Bonchev–Trinajstić information content (AvgIpc) is 2.84. The minimum Gasteiger partial charge on any atom is -0.507 e. The van der Waals surface area contributed by atoms with E-state index in [1.807, 2.05) is 26.0 Å². The van der Waals surface area contributed by atoms with Gasteiger partial charge in [-0.25, -0.2) is 0 Å². The lowest BCUT2D eigenvalue weighted by atomic mass is 10.1. The van der Waals surface area contributed by atoms with Gasteiger partial charge in [0.2, 0.25) is 0 Å². The van der Waals surface area contributed by atoms with E-state index in [0.717, 1.165) is 33.1 Å². The van der Waals surface area contributed by atoms with Crippen molar-refractivity contribution in [3.05, 3.63) is 28.3 Å². The van der Waals surface area contributed by atoms with Gasteiger partial charge >= 0.3 is 0 Å². The fraction of sp³-hybridized carbons (Fsp3) is 0.467. The molecule has 2 rings (SSSR count). The summed E-state index contributed by atoms with van der Waals surface area (Å²) in [5, 5.41) is 20.4. The molecule has 102 valence electrons. The van der Waals surface area contributed by atoms with Crippen LogP contribution in [0, 0.1) is 13.8 Å². The van der Waals surface area contributed by atoms with Crippen molar-refractivity contribution >= 4 is 11.3 Å². The number of hydrogen-bond acceptors (Lipinski definition) is 4. The van der Waals surface area contributed by atoms with Gasteiger partial charge in [-0.15, -0.1) is 10.2 Å². The topological polar surface area (TPSA) is 46.0 Å². The Hall–Kier alpha value is -1.42. The summed E-state index contributed by atoms with van der Waals surface area (Å²) in [7, 11) is 0. The standard InChI is InChI=1S/C15H20N2OS/c1-4-5-6-7-13-16-17-15(19-13)12-8-10(2)14(18)11(3)9-12/h8-9,18H,4-7H2,1-3H3. The Kier molecular flexibility index (Phi) is 4.53. The Bertz CT molecular complexity index is 540. The Balaban J connectivity index is 2.18. The largest absolute Gasteiger partial charge is 0.507 e. The lowest BCUT2D eigenvalue weighted by molar-refractivity contribution is 0.467. The molecule has 0 aliphatic heterocycles. The van der Waals surface area contributed by atoms with E-state index in [0.29, 0.717) is 5.75 Å². The van der Waals surface area contributed by atoms with E-state index in [2.05, 4.69) is 17.1 Å². The van der Waals surface area contributed by atoms with Gasteiger partial charge < -0.3 is 5.11 Å². The summed E-state index contributed by atoms with van der Waals surface area (Å²) < 4.78 is 0. The maximum atomic E-state index is 9.79. The molecule has 1 heterocycles. The van der Waals surface area contributed by atoms with Gasteiger partial charge in [-0.2, -0.15) is 0 Å². The Morgan fingerprint density at radius 1 is 1.11 bits per heavy atom. The first-order valence-corrected chi connectivity index (χ1v) is 7.56. The zero-order valence-corrected chi connectivity index (χ0v) is 12.5. The van der Waals surface area contributed by atoms with Crippen molar-refractivity contribution in [3.63, 3.8) is 0 Å². The van der Waals surface area contributed by atoms with Gasteiger partial charge in [0.15, 0.2) is 0 Å². The molecule has 3 nitrogen and oxygen atoms in total. The zero-order valence-electron chi connectivity index (χ0n) is 11.7. The average molecular weight is 276 g/mol. The lowest BCUT2D eigenvalue weighted by Crippen LogP contribution is -1.84. The van der Waals surface area contributed by atoms with Crippen LogP contribution in [0.25, 0.3) is 10.6 Å². The molecule has 0 spiro atoms. The molecule has 1 aromatic heterocycles. The number of aryl methyl sites for hydroxylation is 3. The van der Waals surface area contributed by atoms with Crippen LogP contribution in [0.5, 0.6) is 5.75 Å². The lowest BCUT2D eigenvalue weighted by Gasteiger charge is -2.05. The van der Waals surface area contributed by atoms with Gasteiger partial charge in [0.05, 0.1) is 0 Å². The summed E-state index contributed by atoms with van der Waals surface area (Å²) in [6.07, 6.45) is 4.66. The van der Waals surface area contributed by atoms with Crippen LogP contribution < -0.4 is 0 Å². The molecule has 0 aliphatic rings. The predicted molar refractivity (Wildman–Crippen MR) is 79.7 cm³/mol. The van der Waals surface area contributed by atoms with Crippen molar-refractivity contribution in [1.29, 1.82) is 0 Å². The van der Waals surface area contributed by atoms with E-state index in [-0.39, 0.29) is 0 Å². The van der Waals surface area contributed by atoms with E-state index < -0.39 is 0 Å². The van der Waals surface area contributed by atoms with Crippen molar-refractivity contribution in [2.24, 2.45) is 0 Å². The minimum absolute atomic E-state index is 0.372. The summed E-state index contributed by atoms with van der Waals surface area (Å²) in [5.74, 6) is 0.372. The maximum absolute atomic E-state index is 9.79. The first-order chi connectivity index (χ1) is 9.11. The third-order valence-corrected chi connectivity index (χ3v) is 4.23. The van der Waals surface area contributed by atoms with Crippen LogP contribution in [0.15, 0.2) is 12.1 Å². The molecule has 1 N–H and O–H groups in total. The Morgan fingerprint density at radius 3 is 2.42 bits per heavy atom. The summed E-state index contributed by atoms with van der Waals surface area (Å²) in [5.41, 5.74) is 2.82. The number of benzene rings is 1. The molecule has 0 fully saturated rings. The normalized spacial score (nSPS) is 10.9. The SMILES string of the molecule is CCCCCc1nnc(-c2cc(C)c(O)c(C)c2)s1. The van der Waals surface area contributed by atoms with Gasteiger partial charge in [-0.05, 0) is 43.5 Å². The Morgan fingerprint density at radius 2 is 1.79 bits per heavy atom. The highest BCUT2D eigenvalue weighted by molar-refractivity contribution is 7.14. The van der Waals surface area contributed by atoms with Crippen LogP contribution in [-0.2, 0) is 6.42 Å². The molecule has 0 bridgehead atoms. The summed E-state index contributed by atoms with van der Waals surface area (Å²) in [4.78, 5) is 0. The van der Waals surface area contributed by atoms with E-state index in [1.54, 1.807) is 11.3 Å². The molecular formula is C15H20N2OS. The first-order valence-electron chi connectivity index (χ1n) is 6.74. The second kappa shape index (κ2) is 6.15.